The van der Waals surface area contributed by atoms with Crippen molar-refractivity contribution in [3.8, 4) is 5.75 Å². The first-order valence-electron chi connectivity index (χ1n) is 9.92. The molecular weight excluding hydrogens is 382 g/mol. The average Bonchev–Trinajstić information content (AvgIpc) is 3.15. The van der Waals surface area contributed by atoms with Gasteiger partial charge in [0.05, 0.1) is 19.0 Å². The van der Waals surface area contributed by atoms with Crippen LogP contribution in [0, 0.1) is 0 Å². The summed E-state index contributed by atoms with van der Waals surface area (Å²) in [6, 6.07) is 13.0. The molecule has 0 bridgehead atoms. The Labute approximate surface area is 172 Å². The number of hydrogen-bond acceptors (Lipinski definition) is 5. The standard InChI is InChI=1S/C22H21N5O3/c1-30-14-6-7-18-16(12-14)17-13-26(10-8-19(17)23-18)21(28)9-11-27-22(29)15-4-2-3-5-20(15)24-25-27/h2-7,12,23H,8-11,13H2,1H3. The van der Waals surface area contributed by atoms with Crippen LogP contribution in [0.15, 0.2) is 47.3 Å². The molecule has 152 valence electrons. The molecule has 0 spiro atoms. The smallest absolute Gasteiger partial charge is 0.277 e. The summed E-state index contributed by atoms with van der Waals surface area (Å²) in [6.45, 7) is 1.40. The second kappa shape index (κ2) is 7.29. The second-order valence-corrected chi connectivity index (χ2v) is 7.44. The number of ether oxygens (including phenoxy) is 1. The van der Waals surface area contributed by atoms with Crippen molar-refractivity contribution in [2.75, 3.05) is 13.7 Å². The predicted octanol–water partition coefficient (Wildman–Crippen LogP) is 2.26. The Morgan fingerprint density at radius 3 is 2.93 bits per heavy atom. The third-order valence-corrected chi connectivity index (χ3v) is 5.70. The van der Waals surface area contributed by atoms with Gasteiger partial charge in [0.25, 0.3) is 5.56 Å². The molecule has 2 aromatic carbocycles. The molecule has 3 heterocycles. The van der Waals surface area contributed by atoms with Crippen LogP contribution >= 0.6 is 0 Å². The van der Waals surface area contributed by atoms with Crippen LogP contribution in [0.3, 0.4) is 0 Å². The number of rotatable bonds is 4. The number of nitrogens with zero attached hydrogens (tertiary/aromatic N) is 4. The van der Waals surface area contributed by atoms with Crippen LogP contribution in [0.25, 0.3) is 21.8 Å². The molecular formula is C22H21N5O3. The molecule has 4 aromatic rings. The van der Waals surface area contributed by atoms with E-state index in [0.29, 0.717) is 24.0 Å². The third-order valence-electron chi connectivity index (χ3n) is 5.70. The Morgan fingerprint density at radius 1 is 1.20 bits per heavy atom. The number of benzene rings is 2. The molecule has 0 saturated carbocycles. The van der Waals surface area contributed by atoms with Gasteiger partial charge in [-0.1, -0.05) is 17.3 Å². The Kier molecular flexibility index (Phi) is 4.46. The van der Waals surface area contributed by atoms with Crippen molar-refractivity contribution in [1.82, 2.24) is 24.9 Å². The minimum Gasteiger partial charge on any atom is -0.497 e. The largest absolute Gasteiger partial charge is 0.497 e. The van der Waals surface area contributed by atoms with Crippen LogP contribution in [0.5, 0.6) is 5.75 Å². The monoisotopic (exact) mass is 403 g/mol. The zero-order valence-electron chi connectivity index (χ0n) is 16.6. The first kappa shape index (κ1) is 18.4. The van der Waals surface area contributed by atoms with E-state index in [9.17, 15) is 9.59 Å². The molecule has 1 N–H and O–H groups in total. The van der Waals surface area contributed by atoms with Gasteiger partial charge in [0, 0.05) is 48.1 Å². The quantitative estimate of drug-likeness (QED) is 0.564. The summed E-state index contributed by atoms with van der Waals surface area (Å²) in [7, 11) is 1.65. The fraction of sp³-hybridized carbons (Fsp3) is 0.273. The Bertz CT molecular complexity index is 1320. The van der Waals surface area contributed by atoms with Gasteiger partial charge < -0.3 is 14.6 Å². The van der Waals surface area contributed by atoms with Gasteiger partial charge in [0.2, 0.25) is 5.91 Å². The molecule has 0 atom stereocenters. The topological polar surface area (TPSA) is 93.1 Å². The summed E-state index contributed by atoms with van der Waals surface area (Å²) >= 11 is 0. The highest BCUT2D eigenvalue weighted by atomic mass is 16.5. The maximum atomic E-state index is 12.9. The Balaban J connectivity index is 1.33. The van der Waals surface area contributed by atoms with Gasteiger partial charge in [-0.15, -0.1) is 5.10 Å². The summed E-state index contributed by atoms with van der Waals surface area (Å²) in [5.41, 5.74) is 3.68. The normalized spacial score (nSPS) is 13.6. The Morgan fingerprint density at radius 2 is 2.07 bits per heavy atom. The predicted molar refractivity (Wildman–Crippen MR) is 112 cm³/mol. The van der Waals surface area contributed by atoms with E-state index in [4.69, 9.17) is 4.74 Å². The number of aromatic amines is 1. The number of nitrogens with one attached hydrogen (secondary N) is 1. The fourth-order valence-electron chi connectivity index (χ4n) is 4.06. The van der Waals surface area contributed by atoms with Gasteiger partial charge in [0.15, 0.2) is 0 Å². The maximum Gasteiger partial charge on any atom is 0.277 e. The van der Waals surface area contributed by atoms with Crippen molar-refractivity contribution in [1.29, 1.82) is 0 Å². The van der Waals surface area contributed by atoms with Crippen molar-refractivity contribution in [3.05, 3.63) is 64.1 Å². The summed E-state index contributed by atoms with van der Waals surface area (Å²) in [5, 5.41) is 9.65. The van der Waals surface area contributed by atoms with Gasteiger partial charge in [-0.05, 0) is 30.3 Å². The van der Waals surface area contributed by atoms with Crippen LogP contribution in [0.1, 0.15) is 17.7 Å². The molecule has 0 unspecified atom stereocenters. The van der Waals surface area contributed by atoms with Crippen LogP contribution < -0.4 is 10.3 Å². The minimum atomic E-state index is -0.224. The molecule has 2 aromatic heterocycles. The van der Waals surface area contributed by atoms with Crippen LogP contribution in [0.4, 0.5) is 0 Å². The molecule has 5 rings (SSSR count). The maximum absolute atomic E-state index is 12.9. The van der Waals surface area contributed by atoms with E-state index in [1.807, 2.05) is 29.2 Å². The third kappa shape index (κ3) is 3.10. The molecule has 30 heavy (non-hydrogen) atoms. The van der Waals surface area contributed by atoms with Gasteiger partial charge in [-0.25, -0.2) is 4.68 Å². The van der Waals surface area contributed by atoms with Crippen LogP contribution in [0.2, 0.25) is 0 Å². The van der Waals surface area contributed by atoms with E-state index in [1.165, 1.54) is 10.4 Å². The highest BCUT2D eigenvalue weighted by Gasteiger charge is 2.24. The second-order valence-electron chi connectivity index (χ2n) is 7.44. The van der Waals surface area contributed by atoms with E-state index in [1.54, 1.807) is 25.3 Å². The molecule has 0 aliphatic carbocycles. The first-order valence-corrected chi connectivity index (χ1v) is 9.92. The zero-order valence-corrected chi connectivity index (χ0v) is 16.6. The van der Waals surface area contributed by atoms with Crippen molar-refractivity contribution in [2.45, 2.75) is 25.9 Å². The highest BCUT2D eigenvalue weighted by molar-refractivity contribution is 5.87. The summed E-state index contributed by atoms with van der Waals surface area (Å²) in [6.07, 6.45) is 0.974. The van der Waals surface area contributed by atoms with Crippen LogP contribution in [-0.2, 0) is 24.3 Å². The molecule has 1 aliphatic heterocycles. The lowest BCUT2D eigenvalue weighted by Gasteiger charge is -2.27. The minimum absolute atomic E-state index is 0.000227. The number of aromatic nitrogens is 4. The SMILES string of the molecule is COc1ccc2[nH]c3c(c2c1)CN(C(=O)CCn1nnc2ccccc2c1=O)CC3. The van der Waals surface area contributed by atoms with E-state index in [2.05, 4.69) is 15.3 Å². The van der Waals surface area contributed by atoms with Gasteiger partial charge >= 0.3 is 0 Å². The molecule has 0 fully saturated rings. The number of carbonyl (C=O) groups is 1. The number of fused-ring (bicyclic) bond motifs is 4. The lowest BCUT2D eigenvalue weighted by molar-refractivity contribution is -0.132. The summed E-state index contributed by atoms with van der Waals surface area (Å²) in [4.78, 5) is 30.7. The summed E-state index contributed by atoms with van der Waals surface area (Å²) in [5.74, 6) is 0.793. The zero-order chi connectivity index (χ0) is 20.7. The molecule has 1 aliphatic rings. The lowest BCUT2D eigenvalue weighted by Crippen LogP contribution is -2.37. The van der Waals surface area contributed by atoms with Crippen molar-refractivity contribution >= 4 is 27.7 Å². The molecule has 8 heteroatoms. The van der Waals surface area contributed by atoms with E-state index in [-0.39, 0.29) is 24.4 Å². The molecule has 0 saturated heterocycles. The summed E-state index contributed by atoms with van der Waals surface area (Å²) < 4.78 is 6.62. The van der Waals surface area contributed by atoms with Crippen molar-refractivity contribution in [2.24, 2.45) is 0 Å². The number of carbonyl (C=O) groups excluding carboxylic acids is 1. The van der Waals surface area contributed by atoms with Crippen molar-refractivity contribution < 1.29 is 9.53 Å². The Hall–Kier alpha value is -3.68. The number of hydrogen-bond donors (Lipinski definition) is 1. The van der Waals surface area contributed by atoms with Gasteiger partial charge in [-0.2, -0.15) is 0 Å². The number of aryl methyl sites for hydroxylation is 1. The first-order chi connectivity index (χ1) is 14.6. The highest BCUT2D eigenvalue weighted by Crippen LogP contribution is 2.30. The van der Waals surface area contributed by atoms with Crippen LogP contribution in [-0.4, -0.2) is 44.4 Å². The van der Waals surface area contributed by atoms with E-state index < -0.39 is 0 Å². The van der Waals surface area contributed by atoms with Gasteiger partial charge in [-0.3, -0.25) is 9.59 Å². The average molecular weight is 403 g/mol. The van der Waals surface area contributed by atoms with E-state index in [0.717, 1.165) is 28.6 Å². The molecule has 1 amide bonds. The van der Waals surface area contributed by atoms with Gasteiger partial charge in [0.1, 0.15) is 11.3 Å². The molecule has 8 nitrogen and oxygen atoms in total. The lowest BCUT2D eigenvalue weighted by atomic mass is 10.0. The number of amides is 1. The number of H-pyrrole nitrogens is 1. The van der Waals surface area contributed by atoms with Crippen molar-refractivity contribution in [3.63, 3.8) is 0 Å². The fourth-order valence-corrected chi connectivity index (χ4v) is 4.06. The molecule has 0 radical (unpaired) electrons. The van der Waals surface area contributed by atoms with E-state index >= 15 is 0 Å². The number of methoxy groups -OCH3 is 1.